The van der Waals surface area contributed by atoms with Gasteiger partial charge in [0.15, 0.2) is 17.3 Å². The lowest BCUT2D eigenvalue weighted by molar-refractivity contribution is -0.0514. The largest absolute Gasteiger partial charge is 0.490 e. The quantitative estimate of drug-likeness (QED) is 0.538. The van der Waals surface area contributed by atoms with E-state index in [0.717, 1.165) is 5.56 Å². The van der Waals surface area contributed by atoms with Crippen LogP contribution in [0.2, 0.25) is 5.02 Å². The SMILES string of the molecule is CCOc1cc(C(=O)Nc2nn(Cc3ccc(F)cc3)cc2Cl)ccc1OC(F)F. The second kappa shape index (κ2) is 9.53. The first-order valence-corrected chi connectivity index (χ1v) is 9.24. The molecular formula is C20H17ClF3N3O3. The number of nitrogens with one attached hydrogen (secondary N) is 1. The van der Waals surface area contributed by atoms with Crippen LogP contribution < -0.4 is 14.8 Å². The molecule has 0 aliphatic heterocycles. The molecule has 30 heavy (non-hydrogen) atoms. The van der Waals surface area contributed by atoms with Crippen LogP contribution >= 0.6 is 11.6 Å². The second-order valence-corrected chi connectivity index (χ2v) is 6.48. The fraction of sp³-hybridized carbons (Fsp3) is 0.200. The monoisotopic (exact) mass is 439 g/mol. The van der Waals surface area contributed by atoms with E-state index >= 15 is 0 Å². The number of carbonyl (C=O) groups excluding carboxylic acids is 1. The fourth-order valence-corrected chi connectivity index (χ4v) is 2.83. The van der Waals surface area contributed by atoms with Crippen LogP contribution in [0, 0.1) is 5.82 Å². The third kappa shape index (κ3) is 5.44. The van der Waals surface area contributed by atoms with E-state index in [1.165, 1.54) is 41.2 Å². The van der Waals surface area contributed by atoms with E-state index in [1.54, 1.807) is 19.1 Å². The predicted molar refractivity (Wildman–Crippen MR) is 105 cm³/mol. The molecule has 1 heterocycles. The van der Waals surface area contributed by atoms with E-state index in [1.807, 2.05) is 0 Å². The lowest BCUT2D eigenvalue weighted by Crippen LogP contribution is -2.14. The van der Waals surface area contributed by atoms with Crippen LogP contribution in [-0.4, -0.2) is 28.9 Å². The number of aromatic nitrogens is 2. The number of ether oxygens (including phenoxy) is 2. The van der Waals surface area contributed by atoms with Crippen molar-refractivity contribution >= 4 is 23.3 Å². The van der Waals surface area contributed by atoms with E-state index in [-0.39, 0.29) is 40.3 Å². The van der Waals surface area contributed by atoms with Crippen molar-refractivity contribution in [3.63, 3.8) is 0 Å². The minimum absolute atomic E-state index is 0.0124. The van der Waals surface area contributed by atoms with Gasteiger partial charge in [-0.3, -0.25) is 9.48 Å². The Morgan fingerprint density at radius 1 is 1.20 bits per heavy atom. The van der Waals surface area contributed by atoms with Crippen molar-refractivity contribution in [2.24, 2.45) is 0 Å². The first-order chi connectivity index (χ1) is 14.4. The van der Waals surface area contributed by atoms with Gasteiger partial charge in [0, 0.05) is 11.8 Å². The molecule has 3 rings (SSSR count). The Hall–Kier alpha value is -3.20. The lowest BCUT2D eigenvalue weighted by atomic mass is 10.2. The highest BCUT2D eigenvalue weighted by Gasteiger charge is 2.17. The maximum Gasteiger partial charge on any atom is 0.387 e. The molecule has 0 radical (unpaired) electrons. The number of amides is 1. The smallest absolute Gasteiger partial charge is 0.387 e. The normalized spacial score (nSPS) is 10.9. The summed E-state index contributed by atoms with van der Waals surface area (Å²) in [4.78, 5) is 12.6. The van der Waals surface area contributed by atoms with Gasteiger partial charge in [-0.25, -0.2) is 4.39 Å². The highest BCUT2D eigenvalue weighted by Crippen LogP contribution is 2.30. The molecule has 2 aromatic carbocycles. The fourth-order valence-electron chi connectivity index (χ4n) is 2.63. The van der Waals surface area contributed by atoms with Gasteiger partial charge in [0.1, 0.15) is 10.8 Å². The summed E-state index contributed by atoms with van der Waals surface area (Å²) < 4.78 is 49.2. The number of nitrogens with zero attached hydrogens (tertiary/aromatic N) is 2. The molecule has 3 aromatic rings. The zero-order chi connectivity index (χ0) is 21.7. The number of hydrogen-bond acceptors (Lipinski definition) is 4. The number of halogens is 4. The topological polar surface area (TPSA) is 65.4 Å². The number of hydrogen-bond donors (Lipinski definition) is 1. The van der Waals surface area contributed by atoms with E-state index < -0.39 is 12.5 Å². The molecule has 0 saturated heterocycles. The molecule has 1 N–H and O–H groups in total. The van der Waals surface area contributed by atoms with Crippen molar-refractivity contribution in [2.45, 2.75) is 20.1 Å². The molecule has 0 atom stereocenters. The van der Waals surface area contributed by atoms with Crippen LogP contribution in [0.1, 0.15) is 22.8 Å². The van der Waals surface area contributed by atoms with Crippen molar-refractivity contribution in [1.29, 1.82) is 0 Å². The molecule has 6 nitrogen and oxygen atoms in total. The van der Waals surface area contributed by atoms with Crippen molar-refractivity contribution in [3.8, 4) is 11.5 Å². The van der Waals surface area contributed by atoms with Gasteiger partial charge in [0.2, 0.25) is 0 Å². The summed E-state index contributed by atoms with van der Waals surface area (Å²) in [6, 6.07) is 9.73. The summed E-state index contributed by atoms with van der Waals surface area (Å²) in [6.07, 6.45) is 1.52. The Morgan fingerprint density at radius 3 is 2.60 bits per heavy atom. The van der Waals surface area contributed by atoms with Crippen molar-refractivity contribution < 1.29 is 27.4 Å². The van der Waals surface area contributed by atoms with Crippen LogP contribution in [0.15, 0.2) is 48.7 Å². The number of anilines is 1. The zero-order valence-electron chi connectivity index (χ0n) is 15.7. The summed E-state index contributed by atoms with van der Waals surface area (Å²) in [7, 11) is 0. The molecule has 1 aromatic heterocycles. The lowest BCUT2D eigenvalue weighted by Gasteiger charge is -2.12. The average molecular weight is 440 g/mol. The van der Waals surface area contributed by atoms with E-state index in [9.17, 15) is 18.0 Å². The zero-order valence-corrected chi connectivity index (χ0v) is 16.5. The first-order valence-electron chi connectivity index (χ1n) is 8.86. The Bertz CT molecular complexity index is 1030. The Morgan fingerprint density at radius 2 is 1.93 bits per heavy atom. The second-order valence-electron chi connectivity index (χ2n) is 6.08. The van der Waals surface area contributed by atoms with Gasteiger partial charge < -0.3 is 14.8 Å². The number of rotatable bonds is 8. The van der Waals surface area contributed by atoms with Gasteiger partial charge in [-0.2, -0.15) is 13.9 Å². The molecule has 10 heteroatoms. The molecule has 1 amide bonds. The molecule has 0 aliphatic rings. The summed E-state index contributed by atoms with van der Waals surface area (Å²) in [5, 5.41) is 6.98. The molecule has 0 saturated carbocycles. The third-order valence-electron chi connectivity index (χ3n) is 3.93. The van der Waals surface area contributed by atoms with Gasteiger partial charge in [-0.1, -0.05) is 23.7 Å². The molecule has 158 valence electrons. The minimum Gasteiger partial charge on any atom is -0.490 e. The van der Waals surface area contributed by atoms with Crippen molar-refractivity contribution in [1.82, 2.24) is 9.78 Å². The van der Waals surface area contributed by atoms with Crippen LogP contribution in [-0.2, 0) is 6.54 Å². The molecule has 0 fully saturated rings. The predicted octanol–water partition coefficient (Wildman–Crippen LogP) is 4.98. The van der Waals surface area contributed by atoms with Gasteiger partial charge in [-0.05, 0) is 42.8 Å². The van der Waals surface area contributed by atoms with Crippen LogP contribution in [0.25, 0.3) is 0 Å². The van der Waals surface area contributed by atoms with Crippen LogP contribution in [0.4, 0.5) is 19.0 Å². The maximum absolute atomic E-state index is 13.0. The standard InChI is InChI=1S/C20H17ClF3N3O3/c1-2-29-17-9-13(5-8-16(17)30-20(23)24)19(28)25-18-15(21)11-27(26-18)10-12-3-6-14(22)7-4-12/h3-9,11,20H,2,10H2,1H3,(H,25,26,28). The Kier molecular flexibility index (Phi) is 6.83. The molecule has 0 spiro atoms. The minimum atomic E-state index is -3.02. The first kappa shape index (κ1) is 21.5. The van der Waals surface area contributed by atoms with Crippen molar-refractivity contribution in [2.75, 3.05) is 11.9 Å². The van der Waals surface area contributed by atoms with Crippen LogP contribution in [0.5, 0.6) is 11.5 Å². The van der Waals surface area contributed by atoms with Gasteiger partial charge in [0.25, 0.3) is 5.91 Å². The summed E-state index contributed by atoms with van der Waals surface area (Å²) in [5.41, 5.74) is 0.939. The highest BCUT2D eigenvalue weighted by atomic mass is 35.5. The van der Waals surface area contributed by atoms with E-state index in [2.05, 4.69) is 15.2 Å². The number of benzene rings is 2. The maximum atomic E-state index is 13.0. The number of alkyl halides is 2. The van der Waals surface area contributed by atoms with Gasteiger partial charge in [0.05, 0.1) is 13.2 Å². The van der Waals surface area contributed by atoms with Crippen molar-refractivity contribution in [3.05, 3.63) is 70.6 Å². The van der Waals surface area contributed by atoms with Gasteiger partial charge in [-0.15, -0.1) is 0 Å². The van der Waals surface area contributed by atoms with E-state index in [4.69, 9.17) is 16.3 Å². The van der Waals surface area contributed by atoms with E-state index in [0.29, 0.717) is 6.54 Å². The molecular weight excluding hydrogens is 423 g/mol. The third-order valence-corrected chi connectivity index (χ3v) is 4.21. The molecule has 0 aliphatic carbocycles. The average Bonchev–Trinajstić information content (AvgIpc) is 3.03. The Balaban J connectivity index is 1.74. The number of carbonyl (C=O) groups is 1. The summed E-state index contributed by atoms with van der Waals surface area (Å²) >= 11 is 6.15. The summed E-state index contributed by atoms with van der Waals surface area (Å²) in [6.45, 7) is -0.825. The summed E-state index contributed by atoms with van der Waals surface area (Å²) in [5.74, 6) is -0.951. The van der Waals surface area contributed by atoms with Crippen LogP contribution in [0.3, 0.4) is 0 Å². The molecule has 0 unspecified atom stereocenters. The molecule has 0 bridgehead atoms. The Labute approximate surface area is 175 Å². The highest BCUT2D eigenvalue weighted by molar-refractivity contribution is 6.33. The van der Waals surface area contributed by atoms with Gasteiger partial charge >= 0.3 is 6.61 Å².